The van der Waals surface area contributed by atoms with Gasteiger partial charge in [-0.1, -0.05) is 25.1 Å². The number of carbonyl (C=O) groups excluding carboxylic acids is 2. The summed E-state index contributed by atoms with van der Waals surface area (Å²) >= 11 is 5.26. The van der Waals surface area contributed by atoms with E-state index in [-0.39, 0.29) is 23.0 Å². The van der Waals surface area contributed by atoms with Gasteiger partial charge < -0.3 is 15.0 Å². The molecule has 0 radical (unpaired) electrons. The Morgan fingerprint density at radius 1 is 0.939 bits per heavy atom. The lowest BCUT2D eigenvalue weighted by molar-refractivity contribution is 0.0974. The first-order valence-electron chi connectivity index (χ1n) is 10.7. The minimum absolute atomic E-state index is 0.113. The van der Waals surface area contributed by atoms with Crippen molar-refractivity contribution < 1.29 is 14.3 Å². The van der Waals surface area contributed by atoms with E-state index in [1.807, 2.05) is 37.3 Å². The maximum absolute atomic E-state index is 12.7. The third-order valence-corrected chi connectivity index (χ3v) is 5.30. The SMILES string of the molecule is CCC(C)Oc1ccc(C(=O)NC(=S)Nc2ccc(C(=O)N(C)c3ccccc3)cc2)cc1. The Kier molecular flexibility index (Phi) is 8.16. The average molecular weight is 462 g/mol. The number of hydrogen-bond donors (Lipinski definition) is 2. The van der Waals surface area contributed by atoms with E-state index in [1.165, 1.54) is 0 Å². The van der Waals surface area contributed by atoms with E-state index in [0.717, 1.165) is 12.1 Å². The summed E-state index contributed by atoms with van der Waals surface area (Å²) in [6.07, 6.45) is 1.02. The van der Waals surface area contributed by atoms with Crippen molar-refractivity contribution in [3.8, 4) is 5.75 Å². The second-order valence-corrected chi connectivity index (χ2v) is 7.95. The molecule has 0 aromatic heterocycles. The minimum atomic E-state index is -0.320. The van der Waals surface area contributed by atoms with Gasteiger partial charge in [0, 0.05) is 29.5 Å². The van der Waals surface area contributed by atoms with Crippen LogP contribution in [-0.2, 0) is 0 Å². The highest BCUT2D eigenvalue weighted by Crippen LogP contribution is 2.17. The molecular weight excluding hydrogens is 434 g/mol. The van der Waals surface area contributed by atoms with Gasteiger partial charge in [-0.25, -0.2) is 0 Å². The quantitative estimate of drug-likeness (QED) is 0.469. The van der Waals surface area contributed by atoms with Crippen LogP contribution in [-0.4, -0.2) is 30.1 Å². The van der Waals surface area contributed by atoms with Crippen molar-refractivity contribution in [1.82, 2.24) is 5.32 Å². The highest BCUT2D eigenvalue weighted by molar-refractivity contribution is 7.80. The van der Waals surface area contributed by atoms with Crippen LogP contribution < -0.4 is 20.3 Å². The number of amides is 2. The fourth-order valence-corrected chi connectivity index (χ4v) is 3.21. The first-order chi connectivity index (χ1) is 15.9. The van der Waals surface area contributed by atoms with Crippen LogP contribution >= 0.6 is 12.2 Å². The molecule has 6 nitrogen and oxygen atoms in total. The summed E-state index contributed by atoms with van der Waals surface area (Å²) in [4.78, 5) is 26.7. The van der Waals surface area contributed by atoms with Gasteiger partial charge in [0.25, 0.3) is 11.8 Å². The van der Waals surface area contributed by atoms with Crippen LogP contribution in [0.3, 0.4) is 0 Å². The lowest BCUT2D eigenvalue weighted by Crippen LogP contribution is -2.34. The van der Waals surface area contributed by atoms with Crippen LogP contribution in [0.15, 0.2) is 78.9 Å². The molecule has 3 rings (SSSR count). The minimum Gasteiger partial charge on any atom is -0.491 e. The Hall–Kier alpha value is -3.71. The smallest absolute Gasteiger partial charge is 0.258 e. The number of hydrogen-bond acceptors (Lipinski definition) is 4. The first kappa shape index (κ1) is 23.9. The lowest BCUT2D eigenvalue weighted by Gasteiger charge is -2.17. The van der Waals surface area contributed by atoms with Crippen LogP contribution in [0.4, 0.5) is 11.4 Å². The highest BCUT2D eigenvalue weighted by Gasteiger charge is 2.14. The maximum Gasteiger partial charge on any atom is 0.258 e. The maximum atomic E-state index is 12.7. The summed E-state index contributed by atoms with van der Waals surface area (Å²) in [7, 11) is 1.73. The monoisotopic (exact) mass is 461 g/mol. The number of nitrogens with one attached hydrogen (secondary N) is 2. The Labute approximate surface area is 199 Å². The summed E-state index contributed by atoms with van der Waals surface area (Å²) in [6, 6.07) is 23.3. The van der Waals surface area contributed by atoms with Crippen molar-refractivity contribution in [2.45, 2.75) is 26.4 Å². The van der Waals surface area contributed by atoms with E-state index < -0.39 is 0 Å². The third-order valence-electron chi connectivity index (χ3n) is 5.09. The van der Waals surface area contributed by atoms with Crippen LogP contribution in [0.25, 0.3) is 0 Å². The summed E-state index contributed by atoms with van der Waals surface area (Å²) in [5, 5.41) is 5.79. The van der Waals surface area contributed by atoms with Crippen LogP contribution in [0, 0.1) is 0 Å². The van der Waals surface area contributed by atoms with Crippen molar-refractivity contribution in [3.63, 3.8) is 0 Å². The number of carbonyl (C=O) groups is 2. The molecule has 3 aromatic rings. The van der Waals surface area contributed by atoms with Crippen molar-refractivity contribution >= 4 is 40.5 Å². The van der Waals surface area contributed by atoms with E-state index in [4.69, 9.17) is 17.0 Å². The van der Waals surface area contributed by atoms with Crippen molar-refractivity contribution in [2.24, 2.45) is 0 Å². The van der Waals surface area contributed by atoms with Gasteiger partial charge in [0.1, 0.15) is 5.75 Å². The number of anilines is 2. The number of nitrogens with zero attached hydrogens (tertiary/aromatic N) is 1. The summed E-state index contributed by atoms with van der Waals surface area (Å²) in [6.45, 7) is 4.05. The summed E-state index contributed by atoms with van der Waals surface area (Å²) in [5.74, 6) is 0.275. The number of para-hydroxylation sites is 1. The van der Waals surface area contributed by atoms with Gasteiger partial charge in [-0.15, -0.1) is 0 Å². The van der Waals surface area contributed by atoms with Crippen LogP contribution in [0.1, 0.15) is 41.0 Å². The van der Waals surface area contributed by atoms with Gasteiger partial charge in [0.2, 0.25) is 0 Å². The molecule has 170 valence electrons. The highest BCUT2D eigenvalue weighted by atomic mass is 32.1. The second kappa shape index (κ2) is 11.2. The number of thiocarbonyl (C=S) groups is 1. The molecule has 0 saturated carbocycles. The largest absolute Gasteiger partial charge is 0.491 e. The van der Waals surface area contributed by atoms with Crippen molar-refractivity contribution in [2.75, 3.05) is 17.3 Å². The normalized spacial score (nSPS) is 11.2. The number of rotatable bonds is 7. The number of ether oxygens (including phenoxy) is 1. The Morgan fingerprint density at radius 3 is 2.15 bits per heavy atom. The first-order valence-corrected chi connectivity index (χ1v) is 11.1. The van der Waals surface area contributed by atoms with Crippen molar-refractivity contribution in [3.05, 3.63) is 90.0 Å². The molecule has 0 spiro atoms. The predicted octanol–water partition coefficient (Wildman–Crippen LogP) is 5.27. The fourth-order valence-electron chi connectivity index (χ4n) is 3.00. The average Bonchev–Trinajstić information content (AvgIpc) is 2.84. The van der Waals surface area contributed by atoms with Crippen LogP contribution in [0.2, 0.25) is 0 Å². The van der Waals surface area contributed by atoms with Gasteiger partial charge in [0.15, 0.2) is 5.11 Å². The molecule has 0 aliphatic carbocycles. The molecule has 33 heavy (non-hydrogen) atoms. The molecular formula is C26H27N3O3S. The molecule has 0 saturated heterocycles. The Morgan fingerprint density at radius 2 is 1.55 bits per heavy atom. The van der Waals surface area contributed by atoms with Crippen LogP contribution in [0.5, 0.6) is 5.75 Å². The molecule has 2 N–H and O–H groups in total. The lowest BCUT2D eigenvalue weighted by atomic mass is 10.1. The zero-order valence-corrected chi connectivity index (χ0v) is 19.7. The predicted molar refractivity (Wildman–Crippen MR) is 136 cm³/mol. The Balaban J connectivity index is 1.55. The van der Waals surface area contributed by atoms with Gasteiger partial charge in [-0.3, -0.25) is 14.9 Å². The van der Waals surface area contributed by atoms with E-state index in [2.05, 4.69) is 17.6 Å². The molecule has 0 aliphatic heterocycles. The molecule has 1 unspecified atom stereocenters. The molecule has 0 aliphatic rings. The van der Waals surface area contributed by atoms with Gasteiger partial charge in [-0.05, 0) is 86.2 Å². The summed E-state index contributed by atoms with van der Waals surface area (Å²) < 4.78 is 5.73. The topological polar surface area (TPSA) is 70.7 Å². The molecule has 0 fully saturated rings. The molecule has 2 amide bonds. The van der Waals surface area contributed by atoms with E-state index in [1.54, 1.807) is 60.5 Å². The fraction of sp³-hybridized carbons (Fsp3) is 0.192. The van der Waals surface area contributed by atoms with E-state index in [0.29, 0.717) is 22.6 Å². The second-order valence-electron chi connectivity index (χ2n) is 7.55. The standard InChI is InChI=1S/C26H27N3O3S/c1-4-18(2)32-23-16-12-19(13-17-23)24(30)28-26(33)27-21-14-10-20(11-15-21)25(31)29(3)22-8-6-5-7-9-22/h5-18H,4H2,1-3H3,(H2,27,28,30,33). The molecule has 0 bridgehead atoms. The van der Waals surface area contributed by atoms with Crippen molar-refractivity contribution in [1.29, 1.82) is 0 Å². The van der Waals surface area contributed by atoms with E-state index in [9.17, 15) is 9.59 Å². The molecule has 0 heterocycles. The third kappa shape index (κ3) is 6.63. The molecule has 3 aromatic carbocycles. The zero-order chi connectivity index (χ0) is 23.8. The Bertz CT molecular complexity index is 1100. The van der Waals surface area contributed by atoms with Gasteiger partial charge in [-0.2, -0.15) is 0 Å². The van der Waals surface area contributed by atoms with Gasteiger partial charge in [0.05, 0.1) is 6.10 Å². The zero-order valence-electron chi connectivity index (χ0n) is 18.9. The van der Waals surface area contributed by atoms with Gasteiger partial charge >= 0.3 is 0 Å². The van der Waals surface area contributed by atoms with E-state index >= 15 is 0 Å². The number of benzene rings is 3. The summed E-state index contributed by atoms with van der Waals surface area (Å²) in [5.41, 5.74) is 2.49. The molecule has 1 atom stereocenters. The molecule has 7 heteroatoms.